The van der Waals surface area contributed by atoms with Crippen molar-refractivity contribution in [3.63, 3.8) is 0 Å². The van der Waals surface area contributed by atoms with Gasteiger partial charge in [0.25, 0.3) is 0 Å². The first kappa shape index (κ1) is 15.5. The number of nitrogens with one attached hydrogen (secondary N) is 2. The maximum absolute atomic E-state index is 11.9. The molecular formula is C15H28N4O. The number of piperazine rings is 1. The van der Waals surface area contributed by atoms with Crippen molar-refractivity contribution in [3.05, 3.63) is 12.7 Å². The SMILES string of the molecule is C=CCN1CCN(C2NC(=O)CC(C(C)(C)C)N2)CC1. The molecule has 0 aromatic rings. The molecule has 2 aliphatic heterocycles. The average Bonchev–Trinajstić information content (AvgIpc) is 2.38. The summed E-state index contributed by atoms with van der Waals surface area (Å²) in [6.07, 6.45) is 2.49. The third-order valence-corrected chi connectivity index (χ3v) is 4.25. The van der Waals surface area contributed by atoms with Gasteiger partial charge in [0.15, 0.2) is 0 Å². The monoisotopic (exact) mass is 280 g/mol. The lowest BCUT2D eigenvalue weighted by Gasteiger charge is -2.45. The molecule has 2 atom stereocenters. The lowest BCUT2D eigenvalue weighted by atomic mass is 9.83. The number of carbonyl (C=O) groups is 1. The van der Waals surface area contributed by atoms with E-state index in [2.05, 4.69) is 47.8 Å². The molecule has 0 aromatic carbocycles. The quantitative estimate of drug-likeness (QED) is 0.743. The van der Waals surface area contributed by atoms with E-state index in [0.717, 1.165) is 32.7 Å². The lowest BCUT2D eigenvalue weighted by Crippen LogP contribution is -2.68. The summed E-state index contributed by atoms with van der Waals surface area (Å²) in [4.78, 5) is 16.7. The van der Waals surface area contributed by atoms with Crippen LogP contribution in [0.15, 0.2) is 12.7 Å². The molecule has 2 aliphatic rings. The third-order valence-electron chi connectivity index (χ3n) is 4.25. The van der Waals surface area contributed by atoms with Crippen molar-refractivity contribution in [2.45, 2.75) is 39.5 Å². The molecule has 2 rings (SSSR count). The predicted octanol–water partition coefficient (Wildman–Crippen LogP) is 0.598. The number of rotatable bonds is 3. The second-order valence-corrected chi connectivity index (χ2v) is 6.88. The van der Waals surface area contributed by atoms with Gasteiger partial charge >= 0.3 is 0 Å². The Balaban J connectivity index is 1.92. The zero-order valence-electron chi connectivity index (χ0n) is 13.0. The van der Waals surface area contributed by atoms with E-state index < -0.39 is 0 Å². The highest BCUT2D eigenvalue weighted by Gasteiger charge is 2.36. The number of hydrogen-bond donors (Lipinski definition) is 2. The highest BCUT2D eigenvalue weighted by molar-refractivity contribution is 5.77. The first-order valence-electron chi connectivity index (χ1n) is 7.53. The second kappa shape index (κ2) is 6.24. The van der Waals surface area contributed by atoms with Gasteiger partial charge in [-0.2, -0.15) is 0 Å². The van der Waals surface area contributed by atoms with Crippen molar-refractivity contribution < 1.29 is 4.79 Å². The lowest BCUT2D eigenvalue weighted by molar-refractivity contribution is -0.129. The molecular weight excluding hydrogens is 252 g/mol. The Kier molecular flexibility index (Phi) is 4.83. The van der Waals surface area contributed by atoms with Crippen LogP contribution >= 0.6 is 0 Å². The molecule has 2 saturated heterocycles. The second-order valence-electron chi connectivity index (χ2n) is 6.88. The van der Waals surface area contributed by atoms with Gasteiger partial charge < -0.3 is 5.32 Å². The van der Waals surface area contributed by atoms with Gasteiger partial charge in [-0.1, -0.05) is 26.8 Å². The van der Waals surface area contributed by atoms with Crippen LogP contribution < -0.4 is 10.6 Å². The van der Waals surface area contributed by atoms with Crippen LogP contribution in [0.25, 0.3) is 0 Å². The van der Waals surface area contributed by atoms with Crippen molar-refractivity contribution in [2.75, 3.05) is 32.7 Å². The summed E-state index contributed by atoms with van der Waals surface area (Å²) in [6.45, 7) is 15.3. The smallest absolute Gasteiger partial charge is 0.223 e. The van der Waals surface area contributed by atoms with Crippen LogP contribution in [0, 0.1) is 5.41 Å². The Hall–Kier alpha value is -0.910. The molecule has 5 heteroatoms. The van der Waals surface area contributed by atoms with Crippen LogP contribution in [0.4, 0.5) is 0 Å². The van der Waals surface area contributed by atoms with Crippen LogP contribution in [0.2, 0.25) is 0 Å². The van der Waals surface area contributed by atoms with Gasteiger partial charge in [0.2, 0.25) is 5.91 Å². The molecule has 0 aromatic heterocycles. The fraction of sp³-hybridized carbons (Fsp3) is 0.800. The molecule has 2 unspecified atom stereocenters. The van der Waals surface area contributed by atoms with Crippen LogP contribution in [0.1, 0.15) is 27.2 Å². The van der Waals surface area contributed by atoms with Crippen LogP contribution in [0.5, 0.6) is 0 Å². The highest BCUT2D eigenvalue weighted by atomic mass is 16.2. The maximum Gasteiger partial charge on any atom is 0.223 e. The summed E-state index contributed by atoms with van der Waals surface area (Å²) in [5.41, 5.74) is 0.0979. The molecule has 2 fully saturated rings. The minimum absolute atomic E-state index is 0.0219. The van der Waals surface area contributed by atoms with Gasteiger partial charge in [0.1, 0.15) is 6.29 Å². The van der Waals surface area contributed by atoms with E-state index in [1.807, 2.05) is 6.08 Å². The molecule has 1 amide bonds. The molecule has 0 bridgehead atoms. The average molecular weight is 280 g/mol. The topological polar surface area (TPSA) is 47.6 Å². The summed E-state index contributed by atoms with van der Waals surface area (Å²) < 4.78 is 0. The Labute approximate surface area is 122 Å². The largest absolute Gasteiger partial charge is 0.328 e. The molecule has 0 radical (unpaired) electrons. The molecule has 0 aliphatic carbocycles. The van der Waals surface area contributed by atoms with Crippen molar-refractivity contribution >= 4 is 5.91 Å². The zero-order valence-corrected chi connectivity index (χ0v) is 13.0. The molecule has 2 heterocycles. The van der Waals surface area contributed by atoms with Gasteiger partial charge in [-0.05, 0) is 5.41 Å². The summed E-state index contributed by atoms with van der Waals surface area (Å²) in [7, 11) is 0. The normalized spacial score (nSPS) is 30.1. The Morgan fingerprint density at radius 3 is 2.50 bits per heavy atom. The Morgan fingerprint density at radius 1 is 1.30 bits per heavy atom. The fourth-order valence-corrected chi connectivity index (χ4v) is 2.83. The minimum Gasteiger partial charge on any atom is -0.328 e. The van der Waals surface area contributed by atoms with Crippen LogP contribution in [0.3, 0.4) is 0 Å². The first-order chi connectivity index (χ1) is 9.40. The van der Waals surface area contributed by atoms with E-state index in [9.17, 15) is 4.79 Å². The van der Waals surface area contributed by atoms with Crippen LogP contribution in [-0.4, -0.2) is 60.8 Å². The molecule has 20 heavy (non-hydrogen) atoms. The number of nitrogens with zero attached hydrogens (tertiary/aromatic N) is 2. The predicted molar refractivity (Wildman–Crippen MR) is 81.1 cm³/mol. The Morgan fingerprint density at radius 2 is 1.95 bits per heavy atom. The van der Waals surface area contributed by atoms with Crippen molar-refractivity contribution in [1.82, 2.24) is 20.4 Å². The Bertz CT molecular complexity index is 355. The van der Waals surface area contributed by atoms with Crippen molar-refractivity contribution in [3.8, 4) is 0 Å². The van der Waals surface area contributed by atoms with E-state index >= 15 is 0 Å². The van der Waals surface area contributed by atoms with Crippen LogP contribution in [-0.2, 0) is 4.79 Å². The van der Waals surface area contributed by atoms with Gasteiger partial charge in [-0.3, -0.25) is 19.9 Å². The van der Waals surface area contributed by atoms with Gasteiger partial charge in [-0.25, -0.2) is 0 Å². The summed E-state index contributed by atoms with van der Waals surface area (Å²) >= 11 is 0. The standard InChI is InChI=1S/C15H28N4O/c1-5-6-18-7-9-19(10-8-18)14-16-12(15(2,3)4)11-13(20)17-14/h5,12,14,16H,1,6-11H2,2-4H3,(H,17,20). The van der Waals surface area contributed by atoms with Gasteiger partial charge in [0.05, 0.1) is 0 Å². The molecule has 0 spiro atoms. The number of carbonyl (C=O) groups excluding carboxylic acids is 1. The summed E-state index contributed by atoms with van der Waals surface area (Å²) in [6, 6.07) is 0.229. The molecule has 5 nitrogen and oxygen atoms in total. The first-order valence-corrected chi connectivity index (χ1v) is 7.53. The highest BCUT2D eigenvalue weighted by Crippen LogP contribution is 2.24. The van der Waals surface area contributed by atoms with Crippen molar-refractivity contribution in [1.29, 1.82) is 0 Å². The third kappa shape index (κ3) is 3.81. The number of amides is 1. The van der Waals surface area contributed by atoms with Crippen molar-refractivity contribution in [2.24, 2.45) is 5.41 Å². The van der Waals surface area contributed by atoms with Gasteiger partial charge in [-0.15, -0.1) is 6.58 Å². The van der Waals surface area contributed by atoms with E-state index in [-0.39, 0.29) is 23.7 Å². The van der Waals surface area contributed by atoms with Gasteiger partial charge in [0, 0.05) is 45.2 Å². The zero-order chi connectivity index (χ0) is 14.8. The molecule has 2 N–H and O–H groups in total. The summed E-state index contributed by atoms with van der Waals surface area (Å²) in [5, 5.41) is 6.67. The maximum atomic E-state index is 11.9. The molecule has 0 saturated carbocycles. The fourth-order valence-electron chi connectivity index (χ4n) is 2.83. The summed E-state index contributed by atoms with van der Waals surface area (Å²) in [5.74, 6) is 0.155. The number of hydrogen-bond acceptors (Lipinski definition) is 4. The van der Waals surface area contributed by atoms with E-state index in [0.29, 0.717) is 6.42 Å². The minimum atomic E-state index is -0.0219. The van der Waals surface area contributed by atoms with E-state index in [4.69, 9.17) is 0 Å². The van der Waals surface area contributed by atoms with E-state index in [1.165, 1.54) is 0 Å². The van der Waals surface area contributed by atoms with E-state index in [1.54, 1.807) is 0 Å². The molecule has 114 valence electrons.